The number of phenolic OH excluding ortho intramolecular Hbond substituents is 1. The number of carbonyl (C=O) groups excluding carboxylic acids is 1. The summed E-state index contributed by atoms with van der Waals surface area (Å²) >= 11 is 0. The van der Waals surface area contributed by atoms with Gasteiger partial charge in [-0.05, 0) is 37.2 Å². The van der Waals surface area contributed by atoms with Crippen molar-refractivity contribution < 1.29 is 9.90 Å². The number of hydrogen-bond donors (Lipinski definition) is 3. The van der Waals surface area contributed by atoms with Crippen LogP contribution in [0.5, 0.6) is 5.75 Å². The average Bonchev–Trinajstić information content (AvgIpc) is 2.22. The van der Waals surface area contributed by atoms with Crippen LogP contribution in [-0.4, -0.2) is 24.1 Å². The first-order chi connectivity index (χ1) is 7.22. The molecule has 0 unspecified atom stereocenters. The second kappa shape index (κ2) is 6.03. The third-order valence-corrected chi connectivity index (χ3v) is 1.86. The normalized spacial score (nSPS) is 9.93. The Morgan fingerprint density at radius 2 is 2.00 bits per heavy atom. The third-order valence-electron chi connectivity index (χ3n) is 1.86. The predicted molar refractivity (Wildman–Crippen MR) is 59.9 cm³/mol. The number of benzene rings is 1. The Bertz CT molecular complexity index is 309. The van der Waals surface area contributed by atoms with Gasteiger partial charge in [0.15, 0.2) is 0 Å². The van der Waals surface area contributed by atoms with E-state index < -0.39 is 0 Å². The molecule has 0 bridgehead atoms. The molecule has 0 aliphatic carbocycles. The molecule has 1 aromatic rings. The van der Waals surface area contributed by atoms with Gasteiger partial charge in [0.25, 0.3) is 0 Å². The van der Waals surface area contributed by atoms with E-state index >= 15 is 0 Å². The molecule has 0 spiro atoms. The van der Waals surface area contributed by atoms with Gasteiger partial charge in [-0.2, -0.15) is 0 Å². The van der Waals surface area contributed by atoms with Crippen LogP contribution in [0.3, 0.4) is 0 Å². The molecule has 3 N–H and O–H groups in total. The van der Waals surface area contributed by atoms with Crippen LogP contribution in [0, 0.1) is 0 Å². The third kappa shape index (κ3) is 4.46. The summed E-state index contributed by atoms with van der Waals surface area (Å²) < 4.78 is 0. The minimum atomic E-state index is -0.0749. The smallest absolute Gasteiger partial charge is 0.238 e. The molecule has 0 aliphatic rings. The maximum Gasteiger partial charge on any atom is 0.238 e. The number of rotatable bonds is 5. The molecule has 0 saturated carbocycles. The molecule has 0 saturated heterocycles. The quantitative estimate of drug-likeness (QED) is 0.505. The van der Waals surface area contributed by atoms with E-state index in [4.69, 9.17) is 5.11 Å². The molecule has 0 aromatic heterocycles. The average molecular weight is 208 g/mol. The van der Waals surface area contributed by atoms with Gasteiger partial charge < -0.3 is 15.7 Å². The molecular formula is C11H16N2O2. The second-order valence-electron chi connectivity index (χ2n) is 3.27. The largest absolute Gasteiger partial charge is 0.508 e. The van der Waals surface area contributed by atoms with E-state index in [-0.39, 0.29) is 11.7 Å². The van der Waals surface area contributed by atoms with Crippen LogP contribution in [0.15, 0.2) is 24.3 Å². The second-order valence-corrected chi connectivity index (χ2v) is 3.27. The van der Waals surface area contributed by atoms with Crippen LogP contribution in [-0.2, 0) is 4.79 Å². The maximum absolute atomic E-state index is 11.3. The molecule has 0 radical (unpaired) electrons. The zero-order valence-corrected chi connectivity index (χ0v) is 8.79. The number of amides is 1. The molecule has 0 heterocycles. The van der Waals surface area contributed by atoms with Crippen LogP contribution < -0.4 is 10.6 Å². The lowest BCUT2D eigenvalue weighted by Crippen LogP contribution is -2.28. The highest BCUT2D eigenvalue weighted by Crippen LogP contribution is 2.13. The van der Waals surface area contributed by atoms with Crippen LogP contribution in [0.4, 0.5) is 5.69 Å². The summed E-state index contributed by atoms with van der Waals surface area (Å²) in [5.41, 5.74) is 0.691. The van der Waals surface area contributed by atoms with E-state index in [1.807, 2.05) is 6.92 Å². The number of phenols is 1. The van der Waals surface area contributed by atoms with E-state index in [9.17, 15) is 4.79 Å². The van der Waals surface area contributed by atoms with Crippen molar-refractivity contribution in [2.75, 3.05) is 18.4 Å². The summed E-state index contributed by atoms with van der Waals surface area (Å²) in [7, 11) is 0. The number of anilines is 1. The predicted octanol–water partition coefficient (Wildman–Crippen LogP) is 1.33. The first kappa shape index (κ1) is 11.5. The molecule has 1 aromatic carbocycles. The van der Waals surface area contributed by atoms with Gasteiger partial charge in [-0.3, -0.25) is 4.79 Å². The molecule has 1 amide bonds. The molecule has 1 rings (SSSR count). The van der Waals surface area contributed by atoms with Crippen molar-refractivity contribution in [3.63, 3.8) is 0 Å². The molecule has 15 heavy (non-hydrogen) atoms. The van der Waals surface area contributed by atoms with E-state index in [1.54, 1.807) is 12.1 Å². The molecule has 82 valence electrons. The minimum Gasteiger partial charge on any atom is -0.508 e. The van der Waals surface area contributed by atoms with Gasteiger partial charge in [-0.1, -0.05) is 6.92 Å². The van der Waals surface area contributed by atoms with E-state index in [1.165, 1.54) is 12.1 Å². The Kier molecular flexibility index (Phi) is 4.63. The van der Waals surface area contributed by atoms with Gasteiger partial charge in [0.1, 0.15) is 5.75 Å². The van der Waals surface area contributed by atoms with Crippen molar-refractivity contribution >= 4 is 11.6 Å². The van der Waals surface area contributed by atoms with Crippen LogP contribution in [0.25, 0.3) is 0 Å². The number of carbonyl (C=O) groups is 1. The highest BCUT2D eigenvalue weighted by atomic mass is 16.3. The molecule has 4 heteroatoms. The van der Waals surface area contributed by atoms with Gasteiger partial charge >= 0.3 is 0 Å². The Balaban J connectivity index is 2.34. The lowest BCUT2D eigenvalue weighted by Gasteiger charge is -2.05. The van der Waals surface area contributed by atoms with Crippen LogP contribution in [0.2, 0.25) is 0 Å². The van der Waals surface area contributed by atoms with Crippen LogP contribution in [0.1, 0.15) is 13.3 Å². The summed E-state index contributed by atoms with van der Waals surface area (Å²) in [5, 5.41) is 14.8. The summed E-state index contributed by atoms with van der Waals surface area (Å²) in [6.45, 7) is 3.20. The fraction of sp³-hybridized carbons (Fsp3) is 0.364. The van der Waals surface area contributed by atoms with Crippen molar-refractivity contribution in [1.29, 1.82) is 0 Å². The lowest BCUT2D eigenvalue weighted by atomic mass is 10.3. The summed E-state index contributed by atoms with van der Waals surface area (Å²) in [6.07, 6.45) is 1.01. The number of aromatic hydroxyl groups is 1. The zero-order valence-electron chi connectivity index (χ0n) is 8.79. The summed E-state index contributed by atoms with van der Waals surface area (Å²) in [4.78, 5) is 11.3. The monoisotopic (exact) mass is 208 g/mol. The van der Waals surface area contributed by atoms with E-state index in [0.717, 1.165) is 13.0 Å². The van der Waals surface area contributed by atoms with Gasteiger partial charge in [0, 0.05) is 5.69 Å². The Hall–Kier alpha value is -1.55. The first-order valence-electron chi connectivity index (χ1n) is 5.02. The van der Waals surface area contributed by atoms with Gasteiger partial charge in [-0.25, -0.2) is 0 Å². The Labute approximate surface area is 89.3 Å². The summed E-state index contributed by atoms with van der Waals surface area (Å²) in [6, 6.07) is 6.39. The molecule has 0 atom stereocenters. The van der Waals surface area contributed by atoms with Crippen molar-refractivity contribution in [2.24, 2.45) is 0 Å². The van der Waals surface area contributed by atoms with Crippen molar-refractivity contribution in [3.05, 3.63) is 24.3 Å². The molecular weight excluding hydrogens is 192 g/mol. The van der Waals surface area contributed by atoms with Crippen molar-refractivity contribution in [1.82, 2.24) is 5.32 Å². The Morgan fingerprint density at radius 1 is 1.33 bits per heavy atom. The summed E-state index contributed by atoms with van der Waals surface area (Å²) in [5.74, 6) is 0.117. The highest BCUT2D eigenvalue weighted by Gasteiger charge is 2.00. The first-order valence-corrected chi connectivity index (χ1v) is 5.02. The Morgan fingerprint density at radius 3 is 2.60 bits per heavy atom. The van der Waals surface area contributed by atoms with Crippen molar-refractivity contribution in [2.45, 2.75) is 13.3 Å². The van der Waals surface area contributed by atoms with Gasteiger partial charge in [0.05, 0.1) is 6.54 Å². The topological polar surface area (TPSA) is 61.4 Å². The number of nitrogens with one attached hydrogen (secondary N) is 2. The minimum absolute atomic E-state index is 0.0749. The van der Waals surface area contributed by atoms with E-state index in [0.29, 0.717) is 12.2 Å². The van der Waals surface area contributed by atoms with Gasteiger partial charge in [0.2, 0.25) is 5.91 Å². The SMILES string of the molecule is CCCNCC(=O)Nc1ccc(O)cc1. The van der Waals surface area contributed by atoms with Crippen LogP contribution >= 0.6 is 0 Å². The standard InChI is InChI=1S/C11H16N2O2/c1-2-7-12-8-11(15)13-9-3-5-10(14)6-4-9/h3-6,12,14H,2,7-8H2,1H3,(H,13,15). The fourth-order valence-electron chi connectivity index (χ4n) is 1.13. The van der Waals surface area contributed by atoms with Gasteiger partial charge in [-0.15, -0.1) is 0 Å². The molecule has 0 aliphatic heterocycles. The number of hydrogen-bond acceptors (Lipinski definition) is 3. The molecule has 4 nitrogen and oxygen atoms in total. The zero-order chi connectivity index (χ0) is 11.1. The maximum atomic E-state index is 11.3. The van der Waals surface area contributed by atoms with E-state index in [2.05, 4.69) is 10.6 Å². The van der Waals surface area contributed by atoms with Crippen molar-refractivity contribution in [3.8, 4) is 5.75 Å². The lowest BCUT2D eigenvalue weighted by molar-refractivity contribution is -0.115. The highest BCUT2D eigenvalue weighted by molar-refractivity contribution is 5.92. The fourth-order valence-corrected chi connectivity index (χ4v) is 1.13. The molecule has 0 fully saturated rings.